The van der Waals surface area contributed by atoms with Gasteiger partial charge < -0.3 is 9.84 Å². The fourth-order valence-electron chi connectivity index (χ4n) is 1.69. The Labute approximate surface area is 120 Å². The van der Waals surface area contributed by atoms with Crippen LogP contribution in [-0.4, -0.2) is 5.11 Å². The number of benzene rings is 2. The first-order valence-corrected chi connectivity index (χ1v) is 6.23. The summed E-state index contributed by atoms with van der Waals surface area (Å²) in [7, 11) is 0. The van der Waals surface area contributed by atoms with E-state index in [1.54, 1.807) is 36.4 Å². The molecule has 0 radical (unpaired) electrons. The maximum absolute atomic E-state index is 13.8. The van der Waals surface area contributed by atoms with Crippen LogP contribution in [0.1, 0.15) is 16.7 Å². The highest BCUT2D eigenvalue weighted by molar-refractivity contribution is 6.32. The van der Waals surface area contributed by atoms with Crippen LogP contribution < -0.4 is 4.74 Å². The van der Waals surface area contributed by atoms with Crippen LogP contribution in [0.25, 0.3) is 0 Å². The molecule has 3 nitrogen and oxygen atoms in total. The smallest absolute Gasteiger partial charge is 0.147 e. The molecule has 0 aliphatic rings. The summed E-state index contributed by atoms with van der Waals surface area (Å²) in [5.74, 6) is -0.191. The Morgan fingerprint density at radius 2 is 2.10 bits per heavy atom. The monoisotopic (exact) mass is 291 g/mol. The summed E-state index contributed by atoms with van der Waals surface area (Å²) in [4.78, 5) is 0. The minimum absolute atomic E-state index is 0.0205. The van der Waals surface area contributed by atoms with Crippen molar-refractivity contribution in [1.29, 1.82) is 5.26 Å². The van der Waals surface area contributed by atoms with Gasteiger partial charge in [0, 0.05) is 5.56 Å². The minimum atomic E-state index is -0.585. The van der Waals surface area contributed by atoms with Crippen LogP contribution >= 0.6 is 11.6 Å². The van der Waals surface area contributed by atoms with Crippen molar-refractivity contribution in [2.24, 2.45) is 0 Å². The van der Waals surface area contributed by atoms with Gasteiger partial charge in [-0.25, -0.2) is 4.39 Å². The molecule has 0 amide bonds. The second-order valence-corrected chi connectivity index (χ2v) is 4.51. The summed E-state index contributed by atoms with van der Waals surface area (Å²) in [5, 5.41) is 18.1. The zero-order valence-corrected chi connectivity index (χ0v) is 11.2. The molecular formula is C15H11ClFNO2. The predicted octanol–water partition coefficient (Wildman–Crippen LogP) is 3.42. The van der Waals surface area contributed by atoms with Crippen LogP contribution in [0.3, 0.4) is 0 Å². The van der Waals surface area contributed by atoms with E-state index in [2.05, 4.69) is 0 Å². The molecule has 2 rings (SSSR count). The Bertz CT molecular complexity index is 667. The van der Waals surface area contributed by atoms with Crippen molar-refractivity contribution in [2.75, 3.05) is 0 Å². The van der Waals surface area contributed by atoms with Crippen molar-refractivity contribution in [3.8, 4) is 11.8 Å². The molecule has 0 aliphatic heterocycles. The molecule has 2 aromatic carbocycles. The summed E-state index contributed by atoms with van der Waals surface area (Å²) in [6, 6.07) is 11.2. The van der Waals surface area contributed by atoms with Gasteiger partial charge in [-0.05, 0) is 23.8 Å². The van der Waals surface area contributed by atoms with E-state index < -0.39 is 5.82 Å². The highest BCUT2D eigenvalue weighted by Gasteiger charge is 2.09. The lowest BCUT2D eigenvalue weighted by Crippen LogP contribution is -2.01. The van der Waals surface area contributed by atoms with Gasteiger partial charge in [0.25, 0.3) is 0 Å². The summed E-state index contributed by atoms with van der Waals surface area (Å²) in [5.41, 5.74) is 0.930. The second-order valence-electron chi connectivity index (χ2n) is 4.10. The molecule has 0 atom stereocenters. The Hall–Kier alpha value is -2.09. The number of nitrogens with zero attached hydrogens (tertiary/aromatic N) is 1. The SMILES string of the molecule is N#Cc1cccc(COc2ccc(CO)cc2Cl)c1F. The van der Waals surface area contributed by atoms with E-state index in [1.165, 1.54) is 6.07 Å². The predicted molar refractivity (Wildman–Crippen MR) is 72.8 cm³/mol. The van der Waals surface area contributed by atoms with Gasteiger partial charge >= 0.3 is 0 Å². The van der Waals surface area contributed by atoms with Crippen molar-refractivity contribution >= 4 is 11.6 Å². The third-order valence-corrected chi connectivity index (χ3v) is 3.06. The van der Waals surface area contributed by atoms with Gasteiger partial charge in [-0.3, -0.25) is 0 Å². The summed E-state index contributed by atoms with van der Waals surface area (Å²) < 4.78 is 19.3. The van der Waals surface area contributed by atoms with Gasteiger partial charge in [0.05, 0.1) is 17.2 Å². The van der Waals surface area contributed by atoms with Crippen LogP contribution in [0.15, 0.2) is 36.4 Å². The maximum Gasteiger partial charge on any atom is 0.147 e. The number of halogens is 2. The van der Waals surface area contributed by atoms with Gasteiger partial charge in [-0.2, -0.15) is 5.26 Å². The van der Waals surface area contributed by atoms with E-state index in [0.29, 0.717) is 16.3 Å². The normalized spacial score (nSPS) is 10.1. The zero-order chi connectivity index (χ0) is 14.5. The third-order valence-electron chi connectivity index (χ3n) is 2.76. The quantitative estimate of drug-likeness (QED) is 0.939. The molecule has 20 heavy (non-hydrogen) atoms. The molecule has 0 aromatic heterocycles. The molecule has 0 heterocycles. The summed E-state index contributed by atoms with van der Waals surface area (Å²) in [6.45, 7) is -0.140. The summed E-state index contributed by atoms with van der Waals surface area (Å²) >= 11 is 5.99. The zero-order valence-electron chi connectivity index (χ0n) is 10.4. The van der Waals surface area contributed by atoms with Crippen molar-refractivity contribution in [3.05, 3.63) is 63.9 Å². The van der Waals surface area contributed by atoms with Crippen molar-refractivity contribution in [1.82, 2.24) is 0 Å². The third kappa shape index (κ3) is 3.08. The molecule has 0 unspecified atom stereocenters. The number of hydrogen-bond donors (Lipinski definition) is 1. The van der Waals surface area contributed by atoms with Crippen molar-refractivity contribution < 1.29 is 14.2 Å². The first-order chi connectivity index (χ1) is 9.65. The van der Waals surface area contributed by atoms with E-state index in [1.807, 2.05) is 0 Å². The van der Waals surface area contributed by atoms with Crippen LogP contribution in [0.5, 0.6) is 5.75 Å². The molecule has 5 heteroatoms. The topological polar surface area (TPSA) is 53.2 Å². The molecule has 2 aromatic rings. The van der Waals surface area contributed by atoms with Crippen molar-refractivity contribution in [2.45, 2.75) is 13.2 Å². The number of rotatable bonds is 4. The van der Waals surface area contributed by atoms with E-state index in [0.717, 1.165) is 0 Å². The molecule has 0 saturated carbocycles. The van der Waals surface area contributed by atoms with Gasteiger partial charge in [0.15, 0.2) is 0 Å². The lowest BCUT2D eigenvalue weighted by atomic mass is 10.1. The fraction of sp³-hybridized carbons (Fsp3) is 0.133. The second kappa shape index (κ2) is 6.38. The first kappa shape index (κ1) is 14.3. The Morgan fingerprint density at radius 1 is 1.30 bits per heavy atom. The molecule has 0 saturated heterocycles. The van der Waals surface area contributed by atoms with Crippen LogP contribution in [-0.2, 0) is 13.2 Å². The van der Waals surface area contributed by atoms with Crippen LogP contribution in [0.4, 0.5) is 4.39 Å². The average Bonchev–Trinajstić information content (AvgIpc) is 2.47. The Kier molecular flexibility index (Phi) is 4.57. The highest BCUT2D eigenvalue weighted by atomic mass is 35.5. The van der Waals surface area contributed by atoms with Crippen molar-refractivity contribution in [3.63, 3.8) is 0 Å². The highest BCUT2D eigenvalue weighted by Crippen LogP contribution is 2.26. The average molecular weight is 292 g/mol. The number of hydrogen-bond acceptors (Lipinski definition) is 3. The molecule has 0 aliphatic carbocycles. The van der Waals surface area contributed by atoms with E-state index in [-0.39, 0.29) is 24.3 Å². The largest absolute Gasteiger partial charge is 0.487 e. The lowest BCUT2D eigenvalue weighted by molar-refractivity contribution is 0.280. The van der Waals surface area contributed by atoms with Gasteiger partial charge in [-0.15, -0.1) is 0 Å². The number of aliphatic hydroxyl groups is 1. The molecule has 0 fully saturated rings. The standard InChI is InChI=1S/C15H11ClFNO2/c16-13-6-10(8-19)4-5-14(13)20-9-12-3-1-2-11(7-18)15(12)17/h1-6,19H,8-9H2. The molecule has 0 spiro atoms. The van der Waals surface area contributed by atoms with Crippen LogP contribution in [0.2, 0.25) is 5.02 Å². The molecule has 1 N–H and O–H groups in total. The van der Waals surface area contributed by atoms with E-state index >= 15 is 0 Å². The Morgan fingerprint density at radius 3 is 2.75 bits per heavy atom. The first-order valence-electron chi connectivity index (χ1n) is 5.85. The maximum atomic E-state index is 13.8. The number of ether oxygens (including phenoxy) is 1. The number of nitriles is 1. The van der Waals surface area contributed by atoms with Gasteiger partial charge in [0.1, 0.15) is 24.2 Å². The van der Waals surface area contributed by atoms with Crippen LogP contribution in [0, 0.1) is 17.1 Å². The summed E-state index contributed by atoms with van der Waals surface area (Å²) in [6.07, 6.45) is 0. The van der Waals surface area contributed by atoms with Gasteiger partial charge in [-0.1, -0.05) is 29.8 Å². The van der Waals surface area contributed by atoms with E-state index in [9.17, 15) is 4.39 Å². The fourth-order valence-corrected chi connectivity index (χ4v) is 1.95. The minimum Gasteiger partial charge on any atom is -0.487 e. The molecular weight excluding hydrogens is 281 g/mol. The number of aliphatic hydroxyl groups excluding tert-OH is 1. The molecule has 102 valence electrons. The van der Waals surface area contributed by atoms with E-state index in [4.69, 9.17) is 26.7 Å². The Balaban J connectivity index is 2.15. The van der Waals surface area contributed by atoms with Gasteiger partial charge in [0.2, 0.25) is 0 Å². The lowest BCUT2D eigenvalue weighted by Gasteiger charge is -2.10. The molecule has 0 bridgehead atoms.